The number of aromatic nitrogens is 2. The molecule has 0 aliphatic heterocycles. The fourth-order valence-electron chi connectivity index (χ4n) is 1.81. The fourth-order valence-corrected chi connectivity index (χ4v) is 1.81. The van der Waals surface area contributed by atoms with Crippen molar-refractivity contribution in [1.29, 1.82) is 0 Å². The van der Waals surface area contributed by atoms with E-state index in [4.69, 9.17) is 0 Å². The van der Waals surface area contributed by atoms with Crippen molar-refractivity contribution in [3.63, 3.8) is 0 Å². The zero-order valence-electron chi connectivity index (χ0n) is 10.6. The lowest BCUT2D eigenvalue weighted by molar-refractivity contribution is -0.140. The highest BCUT2D eigenvalue weighted by Crippen LogP contribution is 2.17. The van der Waals surface area contributed by atoms with E-state index in [-0.39, 0.29) is 5.97 Å². The lowest BCUT2D eigenvalue weighted by Crippen LogP contribution is -2.06. The quantitative estimate of drug-likeness (QED) is 0.648. The van der Waals surface area contributed by atoms with E-state index in [2.05, 4.69) is 15.0 Å². The Morgan fingerprint density at radius 1 is 1.50 bits per heavy atom. The first-order valence-electron chi connectivity index (χ1n) is 5.92. The number of anilines is 1. The number of hydrogen-bond acceptors (Lipinski definition) is 4. The van der Waals surface area contributed by atoms with Crippen LogP contribution in [-0.2, 0) is 16.6 Å². The van der Waals surface area contributed by atoms with Crippen molar-refractivity contribution in [2.75, 3.05) is 19.0 Å². The summed E-state index contributed by atoms with van der Waals surface area (Å²) in [6.45, 7) is 0.743. The van der Waals surface area contributed by atoms with Crippen molar-refractivity contribution < 1.29 is 9.53 Å². The predicted molar refractivity (Wildman–Crippen MR) is 70.5 cm³/mol. The summed E-state index contributed by atoms with van der Waals surface area (Å²) >= 11 is 0. The average molecular weight is 247 g/mol. The fraction of sp³-hybridized carbons (Fsp3) is 0.385. The first kappa shape index (κ1) is 12.4. The molecule has 2 rings (SSSR count). The van der Waals surface area contributed by atoms with E-state index in [0.717, 1.165) is 29.7 Å². The van der Waals surface area contributed by atoms with E-state index < -0.39 is 0 Å². The highest BCUT2D eigenvalue weighted by molar-refractivity contribution is 5.79. The molecule has 2 aromatic rings. The van der Waals surface area contributed by atoms with Crippen molar-refractivity contribution >= 4 is 22.7 Å². The Hall–Kier alpha value is -2.04. The van der Waals surface area contributed by atoms with Crippen LogP contribution in [0.3, 0.4) is 0 Å². The Morgan fingerprint density at radius 3 is 3.11 bits per heavy atom. The molecule has 0 radical (unpaired) electrons. The molecule has 0 spiro atoms. The van der Waals surface area contributed by atoms with Crippen molar-refractivity contribution in [3.05, 3.63) is 24.5 Å². The molecule has 5 nitrogen and oxygen atoms in total. The van der Waals surface area contributed by atoms with Crippen LogP contribution in [0.1, 0.15) is 12.8 Å². The number of nitrogens with zero attached hydrogens (tertiary/aromatic N) is 2. The van der Waals surface area contributed by atoms with E-state index in [1.165, 1.54) is 7.11 Å². The number of aryl methyl sites for hydroxylation is 1. The van der Waals surface area contributed by atoms with E-state index in [9.17, 15) is 4.79 Å². The van der Waals surface area contributed by atoms with Gasteiger partial charge in [0.05, 0.1) is 24.5 Å². The molecule has 0 amide bonds. The first-order valence-corrected chi connectivity index (χ1v) is 5.92. The number of fused-ring (bicyclic) bond motifs is 1. The second kappa shape index (κ2) is 5.53. The third-order valence-electron chi connectivity index (χ3n) is 2.84. The van der Waals surface area contributed by atoms with Gasteiger partial charge in [-0.05, 0) is 24.6 Å². The topological polar surface area (TPSA) is 56.1 Å². The van der Waals surface area contributed by atoms with Crippen LogP contribution in [0.25, 0.3) is 11.0 Å². The Morgan fingerprint density at radius 2 is 2.33 bits per heavy atom. The third kappa shape index (κ3) is 2.80. The molecule has 0 aliphatic rings. The van der Waals surface area contributed by atoms with Gasteiger partial charge in [0, 0.05) is 25.7 Å². The molecule has 0 aliphatic carbocycles. The second-order valence-electron chi connectivity index (χ2n) is 4.17. The van der Waals surface area contributed by atoms with Crippen LogP contribution >= 0.6 is 0 Å². The maximum atomic E-state index is 10.9. The van der Waals surface area contributed by atoms with Crippen molar-refractivity contribution in [2.24, 2.45) is 7.05 Å². The molecule has 0 unspecified atom stereocenters. The smallest absolute Gasteiger partial charge is 0.305 e. The zero-order chi connectivity index (χ0) is 13.0. The molecule has 0 saturated carbocycles. The molecule has 18 heavy (non-hydrogen) atoms. The molecule has 0 atom stereocenters. The average Bonchev–Trinajstić information content (AvgIpc) is 2.76. The van der Waals surface area contributed by atoms with Crippen LogP contribution in [0, 0.1) is 0 Å². The van der Waals surface area contributed by atoms with Crippen molar-refractivity contribution in [1.82, 2.24) is 9.55 Å². The van der Waals surface area contributed by atoms with Crippen molar-refractivity contribution in [3.8, 4) is 0 Å². The van der Waals surface area contributed by atoms with Gasteiger partial charge >= 0.3 is 5.97 Å². The summed E-state index contributed by atoms with van der Waals surface area (Å²) in [6, 6.07) is 6.06. The van der Waals surface area contributed by atoms with Crippen LogP contribution in [0.15, 0.2) is 24.5 Å². The maximum absolute atomic E-state index is 10.9. The highest BCUT2D eigenvalue weighted by Gasteiger charge is 2.02. The summed E-state index contributed by atoms with van der Waals surface area (Å²) in [4.78, 5) is 15.2. The van der Waals surface area contributed by atoms with Gasteiger partial charge in [0.15, 0.2) is 0 Å². The van der Waals surface area contributed by atoms with Crippen LogP contribution in [-0.4, -0.2) is 29.2 Å². The maximum Gasteiger partial charge on any atom is 0.305 e. The van der Waals surface area contributed by atoms with Crippen LogP contribution in [0.2, 0.25) is 0 Å². The summed E-state index contributed by atoms with van der Waals surface area (Å²) in [5, 5.41) is 3.27. The van der Waals surface area contributed by atoms with Crippen LogP contribution in [0.5, 0.6) is 0 Å². The van der Waals surface area contributed by atoms with E-state index in [0.29, 0.717) is 6.42 Å². The molecule has 0 bridgehead atoms. The van der Waals surface area contributed by atoms with Gasteiger partial charge in [-0.3, -0.25) is 4.79 Å². The first-order chi connectivity index (χ1) is 8.70. The van der Waals surface area contributed by atoms with Gasteiger partial charge in [0.2, 0.25) is 0 Å². The van der Waals surface area contributed by atoms with Gasteiger partial charge in [-0.1, -0.05) is 0 Å². The minimum Gasteiger partial charge on any atom is -0.469 e. The predicted octanol–water partition coefficient (Wildman–Crippen LogP) is 1.94. The molecular weight excluding hydrogens is 230 g/mol. The number of imidazole rings is 1. The standard InChI is InChI=1S/C13H17N3O2/c1-16-9-15-11-8-10(5-6-12(11)16)14-7-3-4-13(17)18-2/h5-6,8-9,14H,3-4,7H2,1-2H3. The third-order valence-corrected chi connectivity index (χ3v) is 2.84. The Labute approximate surface area is 106 Å². The number of nitrogens with one attached hydrogen (secondary N) is 1. The molecule has 0 fully saturated rings. The van der Waals surface area contributed by atoms with E-state index >= 15 is 0 Å². The number of carbonyl (C=O) groups is 1. The molecule has 96 valence electrons. The van der Waals surface area contributed by atoms with Crippen LogP contribution < -0.4 is 5.32 Å². The van der Waals surface area contributed by atoms with Crippen LogP contribution in [0.4, 0.5) is 5.69 Å². The number of carbonyl (C=O) groups excluding carboxylic acids is 1. The Bertz CT molecular complexity index is 548. The molecule has 5 heteroatoms. The second-order valence-corrected chi connectivity index (χ2v) is 4.17. The van der Waals surface area contributed by atoms with Gasteiger partial charge < -0.3 is 14.6 Å². The Balaban J connectivity index is 1.90. The number of hydrogen-bond donors (Lipinski definition) is 1. The van der Waals surface area contributed by atoms with E-state index in [1.807, 2.05) is 29.8 Å². The number of benzene rings is 1. The normalized spacial score (nSPS) is 10.6. The number of esters is 1. The summed E-state index contributed by atoms with van der Waals surface area (Å²) in [7, 11) is 3.38. The summed E-state index contributed by atoms with van der Waals surface area (Å²) in [5.74, 6) is -0.169. The monoisotopic (exact) mass is 247 g/mol. The number of rotatable bonds is 5. The van der Waals surface area contributed by atoms with E-state index in [1.54, 1.807) is 6.33 Å². The van der Waals surface area contributed by atoms with Gasteiger partial charge in [0.1, 0.15) is 0 Å². The number of methoxy groups -OCH3 is 1. The molecule has 0 saturated heterocycles. The molecule has 1 aromatic heterocycles. The minimum atomic E-state index is -0.169. The van der Waals surface area contributed by atoms with Gasteiger partial charge in [-0.2, -0.15) is 0 Å². The molecule has 1 N–H and O–H groups in total. The number of ether oxygens (including phenoxy) is 1. The van der Waals surface area contributed by atoms with Gasteiger partial charge in [0.25, 0.3) is 0 Å². The largest absolute Gasteiger partial charge is 0.469 e. The highest BCUT2D eigenvalue weighted by atomic mass is 16.5. The SMILES string of the molecule is COC(=O)CCCNc1ccc2c(c1)ncn2C. The zero-order valence-corrected chi connectivity index (χ0v) is 10.6. The minimum absolute atomic E-state index is 0.169. The molecule has 1 heterocycles. The molecule has 1 aromatic carbocycles. The lowest BCUT2D eigenvalue weighted by Gasteiger charge is -2.06. The lowest BCUT2D eigenvalue weighted by atomic mass is 10.2. The van der Waals surface area contributed by atoms with Gasteiger partial charge in [-0.25, -0.2) is 4.98 Å². The summed E-state index contributed by atoms with van der Waals surface area (Å²) in [6.07, 6.45) is 2.99. The summed E-state index contributed by atoms with van der Waals surface area (Å²) < 4.78 is 6.57. The Kier molecular flexibility index (Phi) is 3.82. The van der Waals surface area contributed by atoms with Gasteiger partial charge in [-0.15, -0.1) is 0 Å². The summed E-state index contributed by atoms with van der Waals surface area (Å²) in [5.41, 5.74) is 3.09. The molecular formula is C13H17N3O2. The van der Waals surface area contributed by atoms with Crippen molar-refractivity contribution in [2.45, 2.75) is 12.8 Å².